The number of rotatable bonds is 5. The average Bonchev–Trinajstić information content (AvgIpc) is 3.18. The Hall–Kier alpha value is -2.96. The van der Waals surface area contributed by atoms with E-state index in [-0.39, 0.29) is 12.4 Å². The Bertz CT molecular complexity index is 819. The Morgan fingerprint density at radius 3 is 2.52 bits per heavy atom. The van der Waals surface area contributed by atoms with E-state index in [9.17, 15) is 4.79 Å². The van der Waals surface area contributed by atoms with Gasteiger partial charge in [0.05, 0.1) is 5.69 Å². The molecule has 0 bridgehead atoms. The Balaban J connectivity index is 1.66. The fourth-order valence-corrected chi connectivity index (χ4v) is 2.34. The maximum Gasteiger partial charge on any atom is 0.202 e. The number of carbonyl (C=O) groups excluding carboxylic acids is 1. The Labute approximate surface area is 133 Å². The molecule has 2 aromatic heterocycles. The van der Waals surface area contributed by atoms with E-state index in [1.165, 1.54) is 6.33 Å². The molecule has 0 saturated carbocycles. The maximum absolute atomic E-state index is 12.3. The van der Waals surface area contributed by atoms with E-state index in [0.717, 1.165) is 17.1 Å². The summed E-state index contributed by atoms with van der Waals surface area (Å²) in [6, 6.07) is 9.12. The van der Waals surface area contributed by atoms with Gasteiger partial charge in [-0.2, -0.15) is 0 Å². The van der Waals surface area contributed by atoms with Crippen molar-refractivity contribution >= 4 is 5.78 Å². The largest absolute Gasteiger partial charge is 0.485 e. The van der Waals surface area contributed by atoms with Crippen molar-refractivity contribution in [3.8, 4) is 11.4 Å². The second kappa shape index (κ2) is 6.04. The van der Waals surface area contributed by atoms with Crippen LogP contribution in [0.5, 0.6) is 5.75 Å². The van der Waals surface area contributed by atoms with Crippen molar-refractivity contribution in [1.29, 1.82) is 0 Å². The molecule has 0 aliphatic heterocycles. The molecule has 0 unspecified atom stereocenters. The Kier molecular flexibility index (Phi) is 3.92. The molecule has 3 rings (SSSR count). The van der Waals surface area contributed by atoms with Crippen LogP contribution in [0, 0.1) is 13.8 Å². The van der Waals surface area contributed by atoms with Crippen LogP contribution in [0.15, 0.2) is 36.7 Å². The first-order valence-electron chi connectivity index (χ1n) is 7.18. The number of nitrogens with zero attached hydrogens (tertiary/aromatic N) is 5. The summed E-state index contributed by atoms with van der Waals surface area (Å²) >= 11 is 0. The predicted molar refractivity (Wildman–Crippen MR) is 83.9 cm³/mol. The van der Waals surface area contributed by atoms with Gasteiger partial charge in [-0.05, 0) is 54.6 Å². The Morgan fingerprint density at radius 2 is 1.96 bits per heavy atom. The quantitative estimate of drug-likeness (QED) is 0.673. The molecule has 0 radical (unpaired) electrons. The van der Waals surface area contributed by atoms with Crippen LogP contribution < -0.4 is 4.74 Å². The summed E-state index contributed by atoms with van der Waals surface area (Å²) in [5, 5.41) is 11.0. The van der Waals surface area contributed by atoms with Crippen LogP contribution in [0.4, 0.5) is 0 Å². The van der Waals surface area contributed by atoms with Gasteiger partial charge in [-0.25, -0.2) is 4.68 Å². The minimum absolute atomic E-state index is 0.00845. The summed E-state index contributed by atoms with van der Waals surface area (Å²) in [6.07, 6.45) is 1.51. The molecule has 2 heterocycles. The number of hydrogen-bond donors (Lipinski definition) is 0. The SMILES string of the molecule is Cc1cc(C(=O)COc2ccc(-n3cnnn3)cc2)c(C)n1C. The number of carbonyl (C=O) groups is 1. The van der Waals surface area contributed by atoms with E-state index in [2.05, 4.69) is 15.5 Å². The summed E-state index contributed by atoms with van der Waals surface area (Å²) in [5.41, 5.74) is 3.53. The van der Waals surface area contributed by atoms with Gasteiger partial charge >= 0.3 is 0 Å². The highest BCUT2D eigenvalue weighted by Crippen LogP contribution is 2.17. The number of hydrogen-bond acceptors (Lipinski definition) is 5. The minimum Gasteiger partial charge on any atom is -0.485 e. The summed E-state index contributed by atoms with van der Waals surface area (Å²) in [7, 11) is 1.94. The lowest BCUT2D eigenvalue weighted by Crippen LogP contribution is -2.12. The number of Topliss-reactive ketones (excluding diaryl/α,β-unsaturated/α-hetero) is 1. The van der Waals surface area contributed by atoms with Gasteiger partial charge in [0.2, 0.25) is 5.78 Å². The van der Waals surface area contributed by atoms with Gasteiger partial charge in [0.1, 0.15) is 12.1 Å². The van der Waals surface area contributed by atoms with Gasteiger partial charge in [-0.15, -0.1) is 5.10 Å². The maximum atomic E-state index is 12.3. The van der Waals surface area contributed by atoms with Crippen LogP contribution in [-0.2, 0) is 7.05 Å². The molecule has 0 aliphatic carbocycles. The van der Waals surface area contributed by atoms with Gasteiger partial charge in [-0.3, -0.25) is 4.79 Å². The number of ether oxygens (including phenoxy) is 1. The Morgan fingerprint density at radius 1 is 1.22 bits per heavy atom. The second-order valence-electron chi connectivity index (χ2n) is 5.30. The van der Waals surface area contributed by atoms with Gasteiger partial charge in [0.15, 0.2) is 6.61 Å². The lowest BCUT2D eigenvalue weighted by molar-refractivity contribution is 0.0921. The van der Waals surface area contributed by atoms with Crippen molar-refractivity contribution in [2.45, 2.75) is 13.8 Å². The first-order chi connectivity index (χ1) is 11.1. The number of aryl methyl sites for hydroxylation is 1. The molecule has 0 atom stereocenters. The molecule has 0 spiro atoms. The van der Waals surface area contributed by atoms with Crippen molar-refractivity contribution in [3.63, 3.8) is 0 Å². The lowest BCUT2D eigenvalue weighted by atomic mass is 10.1. The molecule has 0 fully saturated rings. The minimum atomic E-state index is -0.0317. The standard InChI is InChI=1S/C16H17N5O2/c1-11-8-15(12(2)20(11)3)16(22)9-23-14-6-4-13(5-7-14)21-10-17-18-19-21/h4-8,10H,9H2,1-3H3. The third kappa shape index (κ3) is 2.98. The highest BCUT2D eigenvalue weighted by atomic mass is 16.5. The molecule has 0 N–H and O–H groups in total. The molecular formula is C16H17N5O2. The van der Waals surface area contributed by atoms with Crippen molar-refractivity contribution in [2.24, 2.45) is 7.05 Å². The first-order valence-corrected chi connectivity index (χ1v) is 7.18. The molecule has 0 amide bonds. The van der Waals surface area contributed by atoms with E-state index >= 15 is 0 Å². The summed E-state index contributed by atoms with van der Waals surface area (Å²) in [4.78, 5) is 12.3. The molecule has 1 aromatic carbocycles. The zero-order valence-electron chi connectivity index (χ0n) is 13.2. The highest BCUT2D eigenvalue weighted by molar-refractivity contribution is 5.98. The molecule has 7 nitrogen and oxygen atoms in total. The zero-order chi connectivity index (χ0) is 16.4. The zero-order valence-corrected chi connectivity index (χ0v) is 13.2. The van der Waals surface area contributed by atoms with E-state index in [4.69, 9.17) is 4.74 Å². The fourth-order valence-electron chi connectivity index (χ4n) is 2.34. The number of benzene rings is 1. The predicted octanol–water partition coefficient (Wildman–Crippen LogP) is 1.88. The highest BCUT2D eigenvalue weighted by Gasteiger charge is 2.14. The van der Waals surface area contributed by atoms with Gasteiger partial charge in [0.25, 0.3) is 0 Å². The van der Waals surface area contributed by atoms with Gasteiger partial charge < -0.3 is 9.30 Å². The van der Waals surface area contributed by atoms with Gasteiger partial charge in [-0.1, -0.05) is 0 Å². The number of aromatic nitrogens is 5. The normalized spacial score (nSPS) is 10.7. The van der Waals surface area contributed by atoms with Crippen LogP contribution in [0.25, 0.3) is 5.69 Å². The van der Waals surface area contributed by atoms with Crippen molar-refractivity contribution < 1.29 is 9.53 Å². The number of ketones is 1. The van der Waals surface area contributed by atoms with Crippen molar-refractivity contribution in [1.82, 2.24) is 24.8 Å². The first kappa shape index (κ1) is 15.0. The summed E-state index contributed by atoms with van der Waals surface area (Å²) in [5.74, 6) is 0.594. The molecule has 3 aromatic rings. The van der Waals surface area contributed by atoms with Crippen LogP contribution >= 0.6 is 0 Å². The average molecular weight is 311 g/mol. The molecule has 0 saturated heterocycles. The third-order valence-electron chi connectivity index (χ3n) is 3.90. The van der Waals surface area contributed by atoms with E-state index in [0.29, 0.717) is 11.3 Å². The van der Waals surface area contributed by atoms with Crippen molar-refractivity contribution in [2.75, 3.05) is 6.61 Å². The number of tetrazole rings is 1. The molecular weight excluding hydrogens is 294 g/mol. The topological polar surface area (TPSA) is 74.8 Å². The molecule has 118 valence electrons. The lowest BCUT2D eigenvalue weighted by Gasteiger charge is -2.07. The van der Waals surface area contributed by atoms with E-state index in [1.54, 1.807) is 16.8 Å². The third-order valence-corrected chi connectivity index (χ3v) is 3.90. The van der Waals surface area contributed by atoms with Crippen molar-refractivity contribution in [3.05, 3.63) is 53.6 Å². The van der Waals surface area contributed by atoms with E-state index in [1.807, 2.05) is 43.7 Å². The summed E-state index contributed by atoms with van der Waals surface area (Å²) < 4.78 is 9.12. The smallest absolute Gasteiger partial charge is 0.202 e. The van der Waals surface area contributed by atoms with Crippen LogP contribution in [-0.4, -0.2) is 37.2 Å². The van der Waals surface area contributed by atoms with E-state index < -0.39 is 0 Å². The molecule has 0 aliphatic rings. The monoisotopic (exact) mass is 311 g/mol. The second-order valence-corrected chi connectivity index (χ2v) is 5.30. The summed E-state index contributed by atoms with van der Waals surface area (Å²) in [6.45, 7) is 3.91. The molecule has 7 heteroatoms. The van der Waals surface area contributed by atoms with Gasteiger partial charge in [0, 0.05) is 24.0 Å². The van der Waals surface area contributed by atoms with Crippen LogP contribution in [0.3, 0.4) is 0 Å². The van der Waals surface area contributed by atoms with Crippen LogP contribution in [0.1, 0.15) is 21.7 Å². The fraction of sp³-hybridized carbons (Fsp3) is 0.250. The van der Waals surface area contributed by atoms with Crippen LogP contribution in [0.2, 0.25) is 0 Å². The molecule has 23 heavy (non-hydrogen) atoms.